The second-order valence-corrected chi connectivity index (χ2v) is 7.69. The van der Waals surface area contributed by atoms with Crippen LogP contribution < -0.4 is 4.74 Å². The van der Waals surface area contributed by atoms with Gasteiger partial charge in [-0.2, -0.15) is 0 Å². The van der Waals surface area contributed by atoms with Crippen LogP contribution in [0.3, 0.4) is 0 Å². The van der Waals surface area contributed by atoms with E-state index in [2.05, 4.69) is 0 Å². The van der Waals surface area contributed by atoms with Crippen molar-refractivity contribution in [2.45, 2.75) is 38.5 Å². The Labute approximate surface area is 175 Å². The number of benzene rings is 2. The van der Waals surface area contributed by atoms with Gasteiger partial charge in [-0.1, -0.05) is 42.5 Å². The number of rotatable bonds is 5. The van der Waals surface area contributed by atoms with Crippen LogP contribution in [0.2, 0.25) is 0 Å². The molecule has 1 atom stereocenters. The molecule has 0 bridgehead atoms. The number of likely N-dealkylation sites (tertiary alicyclic amines) is 1. The maximum atomic E-state index is 12.6. The topological polar surface area (TPSA) is 79.3 Å². The molecule has 2 aromatic rings. The zero-order chi connectivity index (χ0) is 20.9. The van der Waals surface area contributed by atoms with Crippen LogP contribution in [0.1, 0.15) is 29.5 Å². The smallest absolute Gasteiger partial charge is 0.410 e. The maximum absolute atomic E-state index is 12.6. The van der Waals surface area contributed by atoms with Gasteiger partial charge in [0, 0.05) is 25.2 Å². The number of hydrogen-bond acceptors (Lipinski definition) is 4. The van der Waals surface area contributed by atoms with E-state index in [1.807, 2.05) is 48.5 Å². The third kappa shape index (κ3) is 4.50. The van der Waals surface area contributed by atoms with E-state index in [9.17, 15) is 14.7 Å². The number of amides is 2. The van der Waals surface area contributed by atoms with Crippen LogP contribution in [0.15, 0.2) is 48.5 Å². The van der Waals surface area contributed by atoms with Crippen molar-refractivity contribution in [3.63, 3.8) is 0 Å². The molecule has 1 fully saturated rings. The summed E-state index contributed by atoms with van der Waals surface area (Å²) in [6.07, 6.45) is 1.22. The van der Waals surface area contributed by atoms with Crippen molar-refractivity contribution in [2.24, 2.45) is 0 Å². The minimum atomic E-state index is -0.900. The first-order chi connectivity index (χ1) is 14.6. The number of hydrogen-bond donors (Lipinski definition) is 1. The summed E-state index contributed by atoms with van der Waals surface area (Å²) < 4.78 is 11.6. The van der Waals surface area contributed by atoms with Crippen molar-refractivity contribution < 1.29 is 24.2 Å². The Morgan fingerprint density at radius 1 is 1.07 bits per heavy atom. The van der Waals surface area contributed by atoms with E-state index in [4.69, 9.17) is 9.47 Å². The molecule has 1 N–H and O–H groups in total. The quantitative estimate of drug-likeness (QED) is 0.809. The highest BCUT2D eigenvalue weighted by Gasteiger charge is 2.31. The van der Waals surface area contributed by atoms with Gasteiger partial charge >= 0.3 is 12.2 Å². The van der Waals surface area contributed by atoms with Gasteiger partial charge in [0.25, 0.3) is 0 Å². The van der Waals surface area contributed by atoms with Crippen LogP contribution in [-0.4, -0.2) is 52.8 Å². The highest BCUT2D eigenvalue weighted by atomic mass is 16.6. The van der Waals surface area contributed by atoms with Crippen molar-refractivity contribution in [3.05, 3.63) is 65.2 Å². The lowest BCUT2D eigenvalue weighted by Crippen LogP contribution is -2.39. The van der Waals surface area contributed by atoms with E-state index in [0.29, 0.717) is 32.7 Å². The average Bonchev–Trinajstić information content (AvgIpc) is 3.25. The number of carbonyl (C=O) groups excluding carboxylic acids is 1. The summed E-state index contributed by atoms with van der Waals surface area (Å²) >= 11 is 0. The van der Waals surface area contributed by atoms with Gasteiger partial charge in [0.2, 0.25) is 0 Å². The molecule has 2 amide bonds. The van der Waals surface area contributed by atoms with Gasteiger partial charge in [-0.25, -0.2) is 9.59 Å². The highest BCUT2D eigenvalue weighted by molar-refractivity contribution is 5.68. The number of fused-ring (bicyclic) bond motifs is 1. The van der Waals surface area contributed by atoms with Gasteiger partial charge in [-0.15, -0.1) is 0 Å². The Bertz CT molecular complexity index is 902. The van der Waals surface area contributed by atoms with Gasteiger partial charge in [-0.3, -0.25) is 0 Å². The van der Waals surface area contributed by atoms with Crippen LogP contribution in [0.5, 0.6) is 5.75 Å². The average molecular weight is 410 g/mol. The minimum Gasteiger partial charge on any atom is -0.491 e. The second kappa shape index (κ2) is 9.07. The molecule has 158 valence electrons. The first-order valence-corrected chi connectivity index (χ1v) is 10.3. The van der Waals surface area contributed by atoms with Crippen LogP contribution in [0.25, 0.3) is 0 Å². The predicted octanol–water partition coefficient (Wildman–Crippen LogP) is 3.90. The molecule has 0 radical (unpaired) electrons. The Hall–Kier alpha value is -3.22. The molecule has 7 heteroatoms. The molecule has 1 saturated heterocycles. The van der Waals surface area contributed by atoms with Gasteiger partial charge in [-0.05, 0) is 36.5 Å². The fourth-order valence-corrected chi connectivity index (χ4v) is 4.11. The van der Waals surface area contributed by atoms with E-state index in [1.54, 1.807) is 4.90 Å². The molecule has 4 rings (SSSR count). The van der Waals surface area contributed by atoms with Crippen molar-refractivity contribution in [1.82, 2.24) is 9.80 Å². The molecule has 0 spiro atoms. The van der Waals surface area contributed by atoms with Gasteiger partial charge in [0.05, 0.1) is 6.04 Å². The number of carbonyl (C=O) groups is 2. The third-order valence-electron chi connectivity index (χ3n) is 5.74. The van der Waals surface area contributed by atoms with E-state index >= 15 is 0 Å². The van der Waals surface area contributed by atoms with Crippen LogP contribution in [0.4, 0.5) is 9.59 Å². The molecular formula is C23H26N2O5. The Balaban J connectivity index is 1.35. The highest BCUT2D eigenvalue weighted by Crippen LogP contribution is 2.29. The number of nitrogens with zero attached hydrogens (tertiary/aromatic N) is 2. The third-order valence-corrected chi connectivity index (χ3v) is 5.74. The number of ether oxygens (including phenoxy) is 2. The van der Waals surface area contributed by atoms with Gasteiger partial charge in [0.15, 0.2) is 0 Å². The standard InChI is InChI=1S/C23H26N2O5/c26-22(27)24-13-11-20-18(14-24)8-4-10-21(20)29-16-19-9-5-12-25(19)23(28)30-15-17-6-2-1-3-7-17/h1-4,6-8,10,19H,5,9,11-16H2,(H,26,27)/t19-/m0/s1. The molecule has 0 unspecified atom stereocenters. The lowest BCUT2D eigenvalue weighted by atomic mass is 9.99. The summed E-state index contributed by atoms with van der Waals surface area (Å²) in [5.41, 5.74) is 3.00. The molecule has 7 nitrogen and oxygen atoms in total. The molecule has 2 heterocycles. The fourth-order valence-electron chi connectivity index (χ4n) is 4.11. The Kier molecular flexibility index (Phi) is 6.07. The largest absolute Gasteiger partial charge is 0.491 e. The Morgan fingerprint density at radius 3 is 2.70 bits per heavy atom. The molecule has 2 aliphatic rings. The van der Waals surface area contributed by atoms with E-state index in [1.165, 1.54) is 4.90 Å². The Morgan fingerprint density at radius 2 is 1.90 bits per heavy atom. The van der Waals surface area contributed by atoms with Crippen LogP contribution >= 0.6 is 0 Å². The van der Waals surface area contributed by atoms with Gasteiger partial charge in [0.1, 0.15) is 19.0 Å². The van der Waals surface area contributed by atoms with E-state index in [-0.39, 0.29) is 18.7 Å². The summed E-state index contributed by atoms with van der Waals surface area (Å²) in [7, 11) is 0. The zero-order valence-electron chi connectivity index (χ0n) is 16.8. The monoisotopic (exact) mass is 410 g/mol. The maximum Gasteiger partial charge on any atom is 0.410 e. The predicted molar refractivity (Wildman–Crippen MR) is 110 cm³/mol. The molecule has 30 heavy (non-hydrogen) atoms. The van der Waals surface area contributed by atoms with Crippen molar-refractivity contribution in [1.29, 1.82) is 0 Å². The summed E-state index contributed by atoms with van der Waals surface area (Å²) in [6, 6.07) is 15.4. The van der Waals surface area contributed by atoms with E-state index in [0.717, 1.165) is 35.3 Å². The molecule has 2 aliphatic heterocycles. The van der Waals surface area contributed by atoms with Crippen LogP contribution in [-0.2, 0) is 24.3 Å². The molecular weight excluding hydrogens is 384 g/mol. The molecule has 2 aromatic carbocycles. The SMILES string of the molecule is O=C(O)N1CCc2c(cccc2OC[C@@H]2CCCN2C(=O)OCc2ccccc2)C1. The summed E-state index contributed by atoms with van der Waals surface area (Å²) in [5, 5.41) is 9.22. The van der Waals surface area contributed by atoms with Crippen LogP contribution in [0, 0.1) is 0 Å². The lowest BCUT2D eigenvalue weighted by molar-refractivity contribution is 0.0822. The first kappa shape index (κ1) is 20.1. The lowest BCUT2D eigenvalue weighted by Gasteiger charge is -2.29. The first-order valence-electron chi connectivity index (χ1n) is 10.3. The van der Waals surface area contributed by atoms with Crippen molar-refractivity contribution in [2.75, 3.05) is 19.7 Å². The van der Waals surface area contributed by atoms with Crippen molar-refractivity contribution in [3.8, 4) is 5.75 Å². The summed E-state index contributed by atoms with van der Waals surface area (Å²) in [4.78, 5) is 27.0. The van der Waals surface area contributed by atoms with Gasteiger partial charge < -0.3 is 24.4 Å². The van der Waals surface area contributed by atoms with E-state index < -0.39 is 6.09 Å². The summed E-state index contributed by atoms with van der Waals surface area (Å²) in [5.74, 6) is 0.780. The molecule has 0 aliphatic carbocycles. The summed E-state index contributed by atoms with van der Waals surface area (Å²) in [6.45, 7) is 2.17. The van der Waals surface area contributed by atoms with Crippen molar-refractivity contribution >= 4 is 12.2 Å². The normalized spacial score (nSPS) is 18.1. The minimum absolute atomic E-state index is 0.0248. The zero-order valence-corrected chi connectivity index (χ0v) is 16.8. The second-order valence-electron chi connectivity index (χ2n) is 7.69. The molecule has 0 aromatic heterocycles. The number of carboxylic acid groups (broad SMARTS) is 1. The molecule has 0 saturated carbocycles. The fraction of sp³-hybridized carbons (Fsp3) is 0.391.